The van der Waals surface area contributed by atoms with Crippen LogP contribution in [0, 0.1) is 6.92 Å². The van der Waals surface area contributed by atoms with Crippen molar-refractivity contribution >= 4 is 5.69 Å². The summed E-state index contributed by atoms with van der Waals surface area (Å²) < 4.78 is 14.2. The van der Waals surface area contributed by atoms with Crippen molar-refractivity contribution in [2.24, 2.45) is 0 Å². The summed E-state index contributed by atoms with van der Waals surface area (Å²) in [7, 11) is 0. The fraction of sp³-hybridized carbons (Fsp3) is 0.538. The van der Waals surface area contributed by atoms with Crippen LogP contribution < -0.4 is 10.6 Å². The van der Waals surface area contributed by atoms with Crippen molar-refractivity contribution in [1.29, 1.82) is 0 Å². The van der Waals surface area contributed by atoms with E-state index < -0.39 is 5.67 Å². The third kappa shape index (κ3) is 2.95. The summed E-state index contributed by atoms with van der Waals surface area (Å²) in [5.41, 5.74) is 1.18. The minimum absolute atomic E-state index is 0.414. The van der Waals surface area contributed by atoms with Crippen LogP contribution in [0.25, 0.3) is 0 Å². The Balaban J connectivity index is 1.88. The predicted molar refractivity (Wildman–Crippen MR) is 65.6 cm³/mol. The minimum Gasteiger partial charge on any atom is -0.382 e. The second-order valence-corrected chi connectivity index (χ2v) is 4.62. The van der Waals surface area contributed by atoms with Gasteiger partial charge in [-0.1, -0.05) is 17.7 Å². The fourth-order valence-corrected chi connectivity index (χ4v) is 1.98. The van der Waals surface area contributed by atoms with Crippen molar-refractivity contribution in [2.75, 3.05) is 25.0 Å². The molecule has 16 heavy (non-hydrogen) atoms. The van der Waals surface area contributed by atoms with E-state index >= 15 is 0 Å². The zero-order chi connectivity index (χ0) is 11.4. The third-order valence-electron chi connectivity index (χ3n) is 3.16. The average Bonchev–Trinajstić information content (AvgIpc) is 2.29. The Morgan fingerprint density at radius 3 is 2.50 bits per heavy atom. The molecular weight excluding hydrogens is 203 g/mol. The lowest BCUT2D eigenvalue weighted by Gasteiger charge is -2.30. The Morgan fingerprint density at radius 2 is 1.88 bits per heavy atom. The highest BCUT2D eigenvalue weighted by Gasteiger charge is 2.31. The van der Waals surface area contributed by atoms with Gasteiger partial charge in [0.25, 0.3) is 0 Å². The number of piperidine rings is 1. The first-order valence-electron chi connectivity index (χ1n) is 5.88. The van der Waals surface area contributed by atoms with Gasteiger partial charge >= 0.3 is 0 Å². The van der Waals surface area contributed by atoms with Crippen LogP contribution >= 0.6 is 0 Å². The summed E-state index contributed by atoms with van der Waals surface area (Å²) >= 11 is 0. The number of alkyl halides is 1. The summed E-state index contributed by atoms with van der Waals surface area (Å²) in [6.45, 7) is 4.03. The second-order valence-electron chi connectivity index (χ2n) is 4.62. The maximum absolute atomic E-state index is 14.2. The van der Waals surface area contributed by atoms with Crippen LogP contribution in [0.2, 0.25) is 0 Å². The SMILES string of the molecule is Cc1ccc(NCC2(F)CCNCC2)cc1. The Hall–Kier alpha value is -1.09. The molecule has 2 N–H and O–H groups in total. The zero-order valence-electron chi connectivity index (χ0n) is 9.72. The van der Waals surface area contributed by atoms with E-state index in [9.17, 15) is 4.39 Å². The maximum Gasteiger partial charge on any atom is 0.130 e. The van der Waals surface area contributed by atoms with Crippen molar-refractivity contribution < 1.29 is 4.39 Å². The molecule has 1 aromatic rings. The zero-order valence-corrected chi connectivity index (χ0v) is 9.72. The molecule has 0 saturated carbocycles. The van der Waals surface area contributed by atoms with Crippen molar-refractivity contribution in [3.05, 3.63) is 29.8 Å². The Labute approximate surface area is 96.2 Å². The summed E-state index contributed by atoms with van der Waals surface area (Å²) in [6, 6.07) is 8.07. The molecule has 0 aromatic heterocycles. The van der Waals surface area contributed by atoms with Crippen LogP contribution in [0.15, 0.2) is 24.3 Å². The van der Waals surface area contributed by atoms with Gasteiger partial charge in [-0.05, 0) is 45.0 Å². The van der Waals surface area contributed by atoms with Crippen LogP contribution in [-0.4, -0.2) is 25.3 Å². The van der Waals surface area contributed by atoms with E-state index in [1.54, 1.807) is 0 Å². The highest BCUT2D eigenvalue weighted by atomic mass is 19.1. The molecule has 0 bridgehead atoms. The molecule has 1 saturated heterocycles. The van der Waals surface area contributed by atoms with E-state index in [2.05, 4.69) is 10.6 Å². The number of hydrogen-bond donors (Lipinski definition) is 2. The van der Waals surface area contributed by atoms with E-state index in [4.69, 9.17) is 0 Å². The lowest BCUT2D eigenvalue weighted by Crippen LogP contribution is -2.43. The molecule has 1 aliphatic heterocycles. The molecular formula is C13H19FN2. The topological polar surface area (TPSA) is 24.1 Å². The molecule has 1 heterocycles. The number of rotatable bonds is 3. The molecule has 0 spiro atoms. The normalized spacial score (nSPS) is 19.4. The molecule has 0 radical (unpaired) electrons. The number of anilines is 1. The van der Waals surface area contributed by atoms with Gasteiger partial charge in [0.15, 0.2) is 0 Å². The van der Waals surface area contributed by atoms with Gasteiger partial charge in [0.05, 0.1) is 0 Å². The van der Waals surface area contributed by atoms with Crippen LogP contribution in [-0.2, 0) is 0 Å². The molecule has 88 valence electrons. The molecule has 0 aliphatic carbocycles. The third-order valence-corrected chi connectivity index (χ3v) is 3.16. The molecule has 1 fully saturated rings. The first-order valence-corrected chi connectivity index (χ1v) is 5.88. The van der Waals surface area contributed by atoms with Gasteiger partial charge in [-0.3, -0.25) is 0 Å². The lowest BCUT2D eigenvalue weighted by atomic mass is 9.94. The van der Waals surface area contributed by atoms with Crippen LogP contribution in [0.1, 0.15) is 18.4 Å². The number of nitrogens with one attached hydrogen (secondary N) is 2. The minimum atomic E-state index is -1.05. The maximum atomic E-state index is 14.2. The van der Waals surface area contributed by atoms with Gasteiger partial charge < -0.3 is 10.6 Å². The van der Waals surface area contributed by atoms with Crippen molar-refractivity contribution in [1.82, 2.24) is 5.32 Å². The molecule has 2 nitrogen and oxygen atoms in total. The molecule has 0 unspecified atom stereocenters. The van der Waals surface area contributed by atoms with Crippen molar-refractivity contribution in [3.63, 3.8) is 0 Å². The van der Waals surface area contributed by atoms with Crippen LogP contribution in [0.5, 0.6) is 0 Å². The van der Waals surface area contributed by atoms with Crippen LogP contribution in [0.3, 0.4) is 0 Å². The van der Waals surface area contributed by atoms with E-state index in [-0.39, 0.29) is 0 Å². The first kappa shape index (κ1) is 11.4. The molecule has 2 rings (SSSR count). The molecule has 1 aliphatic rings. The highest BCUT2D eigenvalue weighted by Crippen LogP contribution is 2.23. The Morgan fingerprint density at radius 1 is 1.25 bits per heavy atom. The molecule has 0 amide bonds. The van der Waals surface area contributed by atoms with Gasteiger partial charge in [-0.2, -0.15) is 0 Å². The Bertz CT molecular complexity index is 328. The van der Waals surface area contributed by atoms with E-state index in [0.717, 1.165) is 18.8 Å². The largest absolute Gasteiger partial charge is 0.382 e. The summed E-state index contributed by atoms with van der Waals surface area (Å²) in [5, 5.41) is 6.36. The smallest absolute Gasteiger partial charge is 0.130 e. The number of benzene rings is 1. The molecule has 1 aromatic carbocycles. The second kappa shape index (κ2) is 4.83. The number of aryl methyl sites for hydroxylation is 1. The lowest BCUT2D eigenvalue weighted by molar-refractivity contribution is 0.131. The first-order chi connectivity index (χ1) is 7.68. The van der Waals surface area contributed by atoms with Gasteiger partial charge in [0, 0.05) is 12.2 Å². The van der Waals surface area contributed by atoms with Gasteiger partial charge in [-0.25, -0.2) is 4.39 Å². The number of halogens is 1. The van der Waals surface area contributed by atoms with E-state index in [0.29, 0.717) is 19.4 Å². The summed E-state index contributed by atoms with van der Waals surface area (Å²) in [6.07, 6.45) is 1.21. The van der Waals surface area contributed by atoms with Crippen LogP contribution in [0.4, 0.5) is 10.1 Å². The predicted octanol–water partition coefficient (Wildman–Crippen LogP) is 2.50. The quantitative estimate of drug-likeness (QED) is 0.821. The standard InChI is InChI=1S/C13H19FN2/c1-11-2-4-12(5-3-11)16-10-13(14)6-8-15-9-7-13/h2-5,15-16H,6-10H2,1H3. The molecule has 0 atom stereocenters. The van der Waals surface area contributed by atoms with Crippen molar-refractivity contribution in [3.8, 4) is 0 Å². The average molecular weight is 222 g/mol. The summed E-state index contributed by atoms with van der Waals surface area (Å²) in [5.74, 6) is 0. The van der Waals surface area contributed by atoms with Gasteiger partial charge in [0.1, 0.15) is 5.67 Å². The number of hydrogen-bond acceptors (Lipinski definition) is 2. The fourth-order valence-electron chi connectivity index (χ4n) is 1.98. The Kier molecular flexibility index (Phi) is 3.44. The highest BCUT2D eigenvalue weighted by molar-refractivity contribution is 5.44. The monoisotopic (exact) mass is 222 g/mol. The van der Waals surface area contributed by atoms with Gasteiger partial charge in [-0.15, -0.1) is 0 Å². The van der Waals surface area contributed by atoms with Gasteiger partial charge in [0.2, 0.25) is 0 Å². The van der Waals surface area contributed by atoms with E-state index in [1.807, 2.05) is 31.2 Å². The van der Waals surface area contributed by atoms with E-state index in [1.165, 1.54) is 5.56 Å². The van der Waals surface area contributed by atoms with Crippen molar-refractivity contribution in [2.45, 2.75) is 25.4 Å². The summed E-state index contributed by atoms with van der Waals surface area (Å²) in [4.78, 5) is 0. The molecule has 3 heteroatoms.